The van der Waals surface area contributed by atoms with E-state index >= 15 is 0 Å². The van der Waals surface area contributed by atoms with Gasteiger partial charge in [0.05, 0.1) is 37.7 Å². The van der Waals surface area contributed by atoms with Crippen LogP contribution >= 0.6 is 23.2 Å². The molecule has 1 aliphatic heterocycles. The number of ether oxygens (including phenoxy) is 2. The maximum absolute atomic E-state index is 13.4. The molecule has 214 valence electrons. The van der Waals surface area contributed by atoms with Gasteiger partial charge in [0.2, 0.25) is 0 Å². The Morgan fingerprint density at radius 3 is 1.93 bits per heavy atom. The lowest BCUT2D eigenvalue weighted by molar-refractivity contribution is -0.137. The number of halogens is 2. The molecule has 1 atom stereocenters. The Bertz CT molecular complexity index is 1310. The Hall–Kier alpha value is -3.33. The van der Waals surface area contributed by atoms with Gasteiger partial charge in [-0.25, -0.2) is 9.59 Å². The molecule has 2 aromatic carbocycles. The van der Waals surface area contributed by atoms with Crippen molar-refractivity contribution in [1.82, 2.24) is 10.2 Å². The number of nitrogens with one attached hydrogen (secondary N) is 1. The molecule has 2 N–H and O–H groups in total. The number of carboxylic acids is 1. The lowest BCUT2D eigenvalue weighted by Crippen LogP contribution is -2.35. The van der Waals surface area contributed by atoms with Crippen molar-refractivity contribution < 1.29 is 29.0 Å². The second-order valence-corrected chi connectivity index (χ2v) is 10.1. The third kappa shape index (κ3) is 7.05. The molecule has 0 saturated heterocycles. The van der Waals surface area contributed by atoms with Crippen molar-refractivity contribution >= 4 is 41.1 Å². The van der Waals surface area contributed by atoms with Gasteiger partial charge >= 0.3 is 17.9 Å². The minimum atomic E-state index is -1.17. The maximum Gasteiger partial charge on any atom is 0.336 e. The van der Waals surface area contributed by atoms with Gasteiger partial charge < -0.3 is 19.9 Å². The molecule has 2 aromatic rings. The normalized spacial score (nSPS) is 15.2. The molecular weight excluding hydrogens is 555 g/mol. The number of hydrogen-bond donors (Lipinski definition) is 2. The topological polar surface area (TPSA) is 105 Å². The van der Waals surface area contributed by atoms with Crippen LogP contribution in [0, 0.1) is 0 Å². The van der Waals surface area contributed by atoms with Gasteiger partial charge in [-0.15, -0.1) is 0 Å². The van der Waals surface area contributed by atoms with Crippen molar-refractivity contribution in [2.24, 2.45) is 0 Å². The zero-order valence-corrected chi connectivity index (χ0v) is 24.6. The molecule has 0 saturated carbocycles. The molecule has 0 amide bonds. The van der Waals surface area contributed by atoms with Gasteiger partial charge in [0.15, 0.2) is 0 Å². The van der Waals surface area contributed by atoms with Crippen LogP contribution in [0.2, 0.25) is 10.0 Å². The van der Waals surface area contributed by atoms with Gasteiger partial charge in [-0.05, 0) is 49.2 Å². The molecule has 0 fully saturated rings. The van der Waals surface area contributed by atoms with Crippen LogP contribution in [0.15, 0.2) is 65.0 Å². The van der Waals surface area contributed by atoms with Gasteiger partial charge in [-0.3, -0.25) is 9.69 Å². The fourth-order valence-electron chi connectivity index (χ4n) is 4.98. The highest BCUT2D eigenvalue weighted by Gasteiger charge is 2.41. The first-order chi connectivity index (χ1) is 19.2. The summed E-state index contributed by atoms with van der Waals surface area (Å²) < 4.78 is 10.2. The first kappa shape index (κ1) is 31.2. The third-order valence-electron chi connectivity index (χ3n) is 7.01. The lowest BCUT2D eigenvalue weighted by atomic mass is 9.78. The number of allylic oxidation sites excluding steroid dienone is 1. The van der Waals surface area contributed by atoms with E-state index in [-0.39, 0.29) is 32.5 Å². The monoisotopic (exact) mass is 588 g/mol. The molecule has 1 heterocycles. The predicted molar refractivity (Wildman–Crippen MR) is 154 cm³/mol. The van der Waals surface area contributed by atoms with Crippen molar-refractivity contribution in [1.29, 1.82) is 0 Å². The third-order valence-corrected chi connectivity index (χ3v) is 7.67. The molecule has 8 nitrogen and oxygen atoms in total. The average molecular weight is 590 g/mol. The van der Waals surface area contributed by atoms with Crippen molar-refractivity contribution in [2.45, 2.75) is 45.6 Å². The summed E-state index contributed by atoms with van der Waals surface area (Å²) in [6.07, 6.45) is 0.354. The van der Waals surface area contributed by atoms with E-state index in [2.05, 4.69) is 30.1 Å². The fourth-order valence-corrected chi connectivity index (χ4v) is 5.59. The average Bonchev–Trinajstić information content (AvgIpc) is 2.94. The molecule has 0 aromatic heterocycles. The van der Waals surface area contributed by atoms with E-state index in [1.165, 1.54) is 14.2 Å². The van der Waals surface area contributed by atoms with Crippen LogP contribution in [-0.2, 0) is 36.8 Å². The summed E-state index contributed by atoms with van der Waals surface area (Å²) in [7, 11) is 2.43. The summed E-state index contributed by atoms with van der Waals surface area (Å²) in [5, 5.41) is 13.2. The summed E-state index contributed by atoms with van der Waals surface area (Å²) in [6, 6.07) is 12.9. The molecule has 0 radical (unpaired) electrons. The number of aryl methyl sites for hydroxylation is 1. The summed E-state index contributed by atoms with van der Waals surface area (Å²) in [6.45, 7) is 6.81. The highest BCUT2D eigenvalue weighted by Crippen LogP contribution is 2.45. The Balaban J connectivity index is 2.20. The fraction of sp³-hybridized carbons (Fsp3) is 0.367. The van der Waals surface area contributed by atoms with Crippen molar-refractivity contribution in [3.8, 4) is 0 Å². The van der Waals surface area contributed by atoms with Crippen molar-refractivity contribution in [2.75, 3.05) is 27.3 Å². The Labute approximate surface area is 244 Å². The maximum atomic E-state index is 13.4. The second-order valence-electron chi connectivity index (χ2n) is 9.26. The van der Waals surface area contributed by atoms with E-state index in [1.54, 1.807) is 18.2 Å². The number of aliphatic carboxylic acids is 1. The van der Waals surface area contributed by atoms with E-state index in [1.807, 2.05) is 18.2 Å². The number of dihydropyridines is 1. The van der Waals surface area contributed by atoms with Crippen LogP contribution in [0.1, 0.15) is 49.3 Å². The van der Waals surface area contributed by atoms with Crippen LogP contribution in [0.25, 0.3) is 0 Å². The SMILES string of the molecule is CCN(CC)Cc1ccccc1CCC1=C(C(=O)OC)C(c2c(Cl)cccc2Cl)C(C(=O)OC)=C(CC(=O)O)N1. The van der Waals surface area contributed by atoms with Gasteiger partial charge in [0, 0.05) is 33.5 Å². The summed E-state index contributed by atoms with van der Waals surface area (Å²) in [4.78, 5) is 40.7. The number of hydrogen-bond acceptors (Lipinski definition) is 7. The quantitative estimate of drug-likeness (QED) is 0.314. The highest BCUT2D eigenvalue weighted by molar-refractivity contribution is 6.36. The molecule has 1 aliphatic rings. The molecule has 3 rings (SSSR count). The number of benzene rings is 2. The molecule has 1 unspecified atom stereocenters. The van der Waals surface area contributed by atoms with Gasteiger partial charge in [0.25, 0.3) is 0 Å². The number of carbonyl (C=O) groups excluding carboxylic acids is 2. The van der Waals surface area contributed by atoms with Crippen LogP contribution < -0.4 is 5.32 Å². The number of nitrogens with zero attached hydrogens (tertiary/aromatic N) is 1. The van der Waals surface area contributed by atoms with Crippen LogP contribution in [0.4, 0.5) is 0 Å². The summed E-state index contributed by atoms with van der Waals surface area (Å²) >= 11 is 13.2. The zero-order chi connectivity index (χ0) is 29.4. The van der Waals surface area contributed by atoms with Crippen molar-refractivity contribution in [3.63, 3.8) is 0 Å². The molecule has 10 heteroatoms. The summed E-state index contributed by atoms with van der Waals surface area (Å²) in [5.74, 6) is -3.79. The zero-order valence-electron chi connectivity index (χ0n) is 23.1. The Morgan fingerprint density at radius 1 is 0.850 bits per heavy atom. The van der Waals surface area contributed by atoms with Gasteiger partial charge in [0.1, 0.15) is 0 Å². The lowest BCUT2D eigenvalue weighted by Gasteiger charge is -2.33. The Morgan fingerprint density at radius 2 is 1.40 bits per heavy atom. The van der Waals surface area contributed by atoms with E-state index < -0.39 is 30.2 Å². The Kier molecular flexibility index (Phi) is 11.2. The number of carbonyl (C=O) groups is 3. The largest absolute Gasteiger partial charge is 0.481 e. The number of esters is 2. The molecule has 0 bridgehead atoms. The molecular formula is C30H34Cl2N2O6. The van der Waals surface area contributed by atoms with E-state index in [0.29, 0.717) is 18.5 Å². The van der Waals surface area contributed by atoms with Crippen molar-refractivity contribution in [3.05, 3.63) is 91.7 Å². The standard InChI is InChI=1S/C30H34Cl2N2O6/c1-5-34(6-2)17-19-11-8-7-10-18(19)14-15-22-26(29(37)39-3)28(25-20(31)12-9-13-21(25)32)27(30(38)40-4)23(33-22)16-24(35)36/h7-13,28,33H,5-6,14-17H2,1-4H3,(H,35,36). The minimum absolute atomic E-state index is 0.0639. The van der Waals surface area contributed by atoms with E-state index in [0.717, 1.165) is 30.8 Å². The smallest absolute Gasteiger partial charge is 0.336 e. The number of carboxylic acid groups (broad SMARTS) is 1. The van der Waals surface area contributed by atoms with E-state index in [4.69, 9.17) is 32.7 Å². The second kappa shape index (κ2) is 14.3. The predicted octanol–water partition coefficient (Wildman–Crippen LogP) is 5.48. The molecule has 0 spiro atoms. The van der Waals surface area contributed by atoms with Crippen LogP contribution in [0.5, 0.6) is 0 Å². The minimum Gasteiger partial charge on any atom is -0.481 e. The molecule has 0 aliphatic carbocycles. The number of methoxy groups -OCH3 is 2. The first-order valence-electron chi connectivity index (χ1n) is 13.0. The van der Waals surface area contributed by atoms with E-state index in [9.17, 15) is 19.5 Å². The molecule has 40 heavy (non-hydrogen) atoms. The summed E-state index contributed by atoms with van der Waals surface area (Å²) in [5.41, 5.74) is 3.11. The van der Waals surface area contributed by atoms with Crippen LogP contribution in [-0.4, -0.2) is 55.2 Å². The highest BCUT2D eigenvalue weighted by atomic mass is 35.5. The van der Waals surface area contributed by atoms with Gasteiger partial charge in [-0.1, -0.05) is 67.4 Å². The van der Waals surface area contributed by atoms with Gasteiger partial charge in [-0.2, -0.15) is 0 Å². The first-order valence-corrected chi connectivity index (χ1v) is 13.8. The number of rotatable bonds is 12. The van der Waals surface area contributed by atoms with Crippen LogP contribution in [0.3, 0.4) is 0 Å².